The van der Waals surface area contributed by atoms with Gasteiger partial charge in [-0.3, -0.25) is 9.36 Å². The maximum atomic E-state index is 14.5. The fraction of sp³-hybridized carbons (Fsp3) is 0.261. The van der Waals surface area contributed by atoms with Gasteiger partial charge >= 0.3 is 5.97 Å². The molecule has 0 fully saturated rings. The number of carbonyl (C=O) groups excluding carboxylic acids is 1. The van der Waals surface area contributed by atoms with Crippen molar-refractivity contribution in [2.75, 3.05) is 6.61 Å². The summed E-state index contributed by atoms with van der Waals surface area (Å²) in [5, 5.41) is 0.285. The number of fused-ring (bicyclic) bond motifs is 1. The summed E-state index contributed by atoms with van der Waals surface area (Å²) in [5.41, 5.74) is 2.87. The molecule has 0 radical (unpaired) electrons. The molecule has 0 aliphatic carbocycles. The Kier molecular flexibility index (Phi) is 5.92. The highest BCUT2D eigenvalue weighted by atomic mass is 19.1. The highest BCUT2D eigenvalue weighted by Crippen LogP contribution is 2.21. The van der Waals surface area contributed by atoms with Gasteiger partial charge in [0.2, 0.25) is 0 Å². The van der Waals surface area contributed by atoms with Crippen LogP contribution in [-0.4, -0.2) is 22.1 Å². The lowest BCUT2D eigenvalue weighted by atomic mass is 10.1. The topological polar surface area (TPSA) is 61.2 Å². The molecule has 150 valence electrons. The van der Waals surface area contributed by atoms with E-state index in [4.69, 9.17) is 4.74 Å². The maximum Gasteiger partial charge on any atom is 0.330 e. The third-order valence-electron chi connectivity index (χ3n) is 4.66. The predicted molar refractivity (Wildman–Crippen MR) is 112 cm³/mol. The number of benzene rings is 2. The average molecular weight is 394 g/mol. The van der Waals surface area contributed by atoms with Crippen LogP contribution in [0, 0.1) is 19.7 Å². The second-order valence-corrected chi connectivity index (χ2v) is 6.79. The summed E-state index contributed by atoms with van der Waals surface area (Å²) in [6, 6.07) is 8.54. The van der Waals surface area contributed by atoms with Crippen LogP contribution in [0.25, 0.3) is 22.7 Å². The number of nitrogens with zero attached hydrogens (tertiary/aromatic N) is 2. The molecular formula is C23H23FN2O3. The van der Waals surface area contributed by atoms with Crippen molar-refractivity contribution >= 4 is 22.9 Å². The number of carbonyl (C=O) groups is 1. The summed E-state index contributed by atoms with van der Waals surface area (Å²) >= 11 is 0. The van der Waals surface area contributed by atoms with Gasteiger partial charge in [0.15, 0.2) is 0 Å². The quantitative estimate of drug-likeness (QED) is 0.479. The minimum Gasteiger partial charge on any atom is -0.463 e. The molecule has 6 heteroatoms. The van der Waals surface area contributed by atoms with E-state index in [2.05, 4.69) is 4.98 Å². The van der Waals surface area contributed by atoms with Gasteiger partial charge in [0, 0.05) is 24.1 Å². The summed E-state index contributed by atoms with van der Waals surface area (Å²) in [6.07, 6.45) is 2.97. The summed E-state index contributed by atoms with van der Waals surface area (Å²) in [5.74, 6) is -0.568. The first-order valence-electron chi connectivity index (χ1n) is 9.53. The van der Waals surface area contributed by atoms with Gasteiger partial charge in [0.25, 0.3) is 5.56 Å². The number of hydrogen-bond donors (Lipinski definition) is 0. The van der Waals surface area contributed by atoms with E-state index in [1.807, 2.05) is 39.0 Å². The smallest absolute Gasteiger partial charge is 0.330 e. The van der Waals surface area contributed by atoms with Crippen molar-refractivity contribution in [2.45, 2.75) is 34.1 Å². The molecule has 0 aliphatic rings. The molecule has 5 nitrogen and oxygen atoms in total. The molecule has 0 unspecified atom stereocenters. The molecule has 1 aromatic heterocycles. The first kappa shape index (κ1) is 20.5. The molecule has 2 aromatic carbocycles. The van der Waals surface area contributed by atoms with Gasteiger partial charge in [-0.05, 0) is 50.1 Å². The molecule has 0 spiro atoms. The van der Waals surface area contributed by atoms with E-state index in [0.717, 1.165) is 22.9 Å². The van der Waals surface area contributed by atoms with Crippen molar-refractivity contribution < 1.29 is 13.9 Å². The molecule has 0 aliphatic heterocycles. The van der Waals surface area contributed by atoms with E-state index in [9.17, 15) is 14.0 Å². The SMILES string of the molecule is CCOC(=O)/C=C/c1cc2c(=O)n(-c3cc(C)ccc3C)c(CC)nc2cc1F. The van der Waals surface area contributed by atoms with Crippen LogP contribution in [0.15, 0.2) is 41.2 Å². The van der Waals surface area contributed by atoms with Gasteiger partial charge in [-0.15, -0.1) is 0 Å². The molecule has 0 amide bonds. The van der Waals surface area contributed by atoms with Gasteiger partial charge in [-0.1, -0.05) is 19.1 Å². The largest absolute Gasteiger partial charge is 0.463 e. The molecule has 0 saturated carbocycles. The van der Waals surface area contributed by atoms with Gasteiger partial charge in [-0.2, -0.15) is 0 Å². The van der Waals surface area contributed by atoms with Crippen LogP contribution < -0.4 is 5.56 Å². The Morgan fingerprint density at radius 3 is 2.66 bits per heavy atom. The number of aromatic nitrogens is 2. The van der Waals surface area contributed by atoms with E-state index in [1.54, 1.807) is 11.5 Å². The minimum absolute atomic E-state index is 0.126. The lowest BCUT2D eigenvalue weighted by Gasteiger charge is -2.15. The highest BCUT2D eigenvalue weighted by molar-refractivity contribution is 5.88. The third kappa shape index (κ3) is 4.11. The van der Waals surface area contributed by atoms with Crippen molar-refractivity contribution in [1.82, 2.24) is 9.55 Å². The van der Waals surface area contributed by atoms with E-state index in [-0.39, 0.29) is 23.1 Å². The van der Waals surface area contributed by atoms with E-state index < -0.39 is 11.8 Å². The second-order valence-electron chi connectivity index (χ2n) is 6.79. The number of aryl methyl sites for hydroxylation is 3. The fourth-order valence-corrected chi connectivity index (χ4v) is 3.19. The van der Waals surface area contributed by atoms with Gasteiger partial charge < -0.3 is 4.74 Å². The Bertz CT molecular complexity index is 1180. The Hall–Kier alpha value is -3.28. The lowest BCUT2D eigenvalue weighted by molar-refractivity contribution is -0.137. The molecule has 0 saturated heterocycles. The number of esters is 1. The zero-order valence-corrected chi connectivity index (χ0v) is 17.0. The molecule has 3 aromatic rings. The Morgan fingerprint density at radius 1 is 1.21 bits per heavy atom. The third-order valence-corrected chi connectivity index (χ3v) is 4.66. The Morgan fingerprint density at radius 2 is 1.97 bits per heavy atom. The maximum absolute atomic E-state index is 14.5. The van der Waals surface area contributed by atoms with Crippen LogP contribution in [0.4, 0.5) is 4.39 Å². The van der Waals surface area contributed by atoms with Crippen molar-refractivity contribution in [3.63, 3.8) is 0 Å². The Labute approximate surface area is 168 Å². The number of ether oxygens (including phenoxy) is 1. The molecule has 0 N–H and O–H groups in total. The summed E-state index contributed by atoms with van der Waals surface area (Å²) in [7, 11) is 0. The minimum atomic E-state index is -0.570. The van der Waals surface area contributed by atoms with Gasteiger partial charge in [-0.25, -0.2) is 14.2 Å². The van der Waals surface area contributed by atoms with Crippen molar-refractivity contribution in [3.8, 4) is 5.69 Å². The summed E-state index contributed by atoms with van der Waals surface area (Å²) in [6.45, 7) is 7.72. The van der Waals surface area contributed by atoms with Gasteiger partial charge in [0.1, 0.15) is 11.6 Å². The zero-order valence-electron chi connectivity index (χ0n) is 17.0. The molecule has 0 bridgehead atoms. The second kappa shape index (κ2) is 8.39. The fourth-order valence-electron chi connectivity index (χ4n) is 3.19. The van der Waals surface area contributed by atoms with Crippen LogP contribution in [0.3, 0.4) is 0 Å². The number of halogens is 1. The van der Waals surface area contributed by atoms with E-state index in [1.165, 1.54) is 18.2 Å². The molecule has 29 heavy (non-hydrogen) atoms. The first-order chi connectivity index (χ1) is 13.8. The van der Waals surface area contributed by atoms with Crippen LogP contribution >= 0.6 is 0 Å². The van der Waals surface area contributed by atoms with Crippen LogP contribution in [0.5, 0.6) is 0 Å². The number of hydrogen-bond acceptors (Lipinski definition) is 4. The van der Waals surface area contributed by atoms with Crippen molar-refractivity contribution in [3.05, 3.63) is 75.1 Å². The normalized spacial score (nSPS) is 11.3. The summed E-state index contributed by atoms with van der Waals surface area (Å²) < 4.78 is 20.9. The number of rotatable bonds is 5. The lowest BCUT2D eigenvalue weighted by Crippen LogP contribution is -2.24. The monoisotopic (exact) mass is 394 g/mol. The van der Waals surface area contributed by atoms with Crippen LogP contribution in [-0.2, 0) is 16.0 Å². The first-order valence-corrected chi connectivity index (χ1v) is 9.53. The van der Waals surface area contributed by atoms with Crippen molar-refractivity contribution in [2.24, 2.45) is 0 Å². The predicted octanol–water partition coefficient (Wildman–Crippen LogP) is 4.28. The molecule has 0 atom stereocenters. The standard InChI is InChI=1S/C23H23FN2O3/c1-5-21-25-19-13-18(24)16(9-10-22(27)29-6-2)12-17(19)23(28)26(21)20-11-14(3)7-8-15(20)4/h7-13H,5-6H2,1-4H3/b10-9+. The Balaban J connectivity index is 2.25. The molecular weight excluding hydrogens is 371 g/mol. The average Bonchev–Trinajstić information content (AvgIpc) is 2.68. The highest BCUT2D eigenvalue weighted by Gasteiger charge is 2.15. The van der Waals surface area contributed by atoms with Crippen molar-refractivity contribution in [1.29, 1.82) is 0 Å². The summed E-state index contributed by atoms with van der Waals surface area (Å²) in [4.78, 5) is 29.4. The van der Waals surface area contributed by atoms with E-state index in [0.29, 0.717) is 17.8 Å². The molecule has 3 rings (SSSR count). The van der Waals surface area contributed by atoms with Crippen LogP contribution in [0.1, 0.15) is 36.4 Å². The van der Waals surface area contributed by atoms with Crippen LogP contribution in [0.2, 0.25) is 0 Å². The zero-order chi connectivity index (χ0) is 21.1. The van der Waals surface area contributed by atoms with E-state index >= 15 is 0 Å². The van der Waals surface area contributed by atoms with Gasteiger partial charge in [0.05, 0.1) is 23.2 Å². The molecule has 1 heterocycles.